The van der Waals surface area contributed by atoms with E-state index in [0.717, 1.165) is 0 Å². The Bertz CT molecular complexity index is 1050. The number of nitrogens with zero attached hydrogens (tertiary/aromatic N) is 1. The average Bonchev–Trinajstić information content (AvgIpc) is 3.01. The highest BCUT2D eigenvalue weighted by Crippen LogP contribution is 2.34. The van der Waals surface area contributed by atoms with Gasteiger partial charge in [0.1, 0.15) is 5.56 Å². The number of carboxylic acids is 1. The molecule has 0 saturated carbocycles. The second-order valence-corrected chi connectivity index (χ2v) is 7.82. The molecule has 1 N–H and O–H groups in total. The molecular formula is C19H15Cl2NO3S. The highest BCUT2D eigenvalue weighted by atomic mass is 35.5. The van der Waals surface area contributed by atoms with Crippen molar-refractivity contribution in [3.05, 3.63) is 67.2 Å². The van der Waals surface area contributed by atoms with Crippen LogP contribution in [0.4, 0.5) is 0 Å². The lowest BCUT2D eigenvalue weighted by Gasteiger charge is -2.20. The summed E-state index contributed by atoms with van der Waals surface area (Å²) < 4.78 is 2.39. The zero-order valence-electron chi connectivity index (χ0n) is 14.0. The highest BCUT2D eigenvalue weighted by molar-refractivity contribution is 7.19. The molecule has 0 atom stereocenters. The quantitative estimate of drug-likeness (QED) is 0.613. The normalized spacial score (nSPS) is 10.9. The summed E-state index contributed by atoms with van der Waals surface area (Å²) in [7, 11) is 0. The van der Waals surface area contributed by atoms with E-state index in [9.17, 15) is 14.7 Å². The van der Waals surface area contributed by atoms with Gasteiger partial charge in [-0.15, -0.1) is 11.3 Å². The summed E-state index contributed by atoms with van der Waals surface area (Å²) in [5.74, 6) is -1.26. The third-order valence-corrected chi connectivity index (χ3v) is 5.70. The van der Waals surface area contributed by atoms with E-state index in [4.69, 9.17) is 23.2 Å². The van der Waals surface area contributed by atoms with Crippen molar-refractivity contribution in [3.63, 3.8) is 0 Å². The zero-order chi connectivity index (χ0) is 19.0. The number of hydrogen-bond donors (Lipinski definition) is 1. The fourth-order valence-corrected chi connectivity index (χ4v) is 4.34. The molecule has 3 rings (SSSR count). The summed E-state index contributed by atoms with van der Waals surface area (Å²) >= 11 is 13.2. The zero-order valence-corrected chi connectivity index (χ0v) is 16.4. The summed E-state index contributed by atoms with van der Waals surface area (Å²) in [4.78, 5) is 25.8. The molecule has 7 heteroatoms. The van der Waals surface area contributed by atoms with Crippen LogP contribution < -0.4 is 5.43 Å². The van der Waals surface area contributed by atoms with Gasteiger partial charge < -0.3 is 9.67 Å². The van der Waals surface area contributed by atoms with Crippen molar-refractivity contribution in [2.45, 2.75) is 20.4 Å². The second kappa shape index (κ2) is 7.27. The molecule has 26 heavy (non-hydrogen) atoms. The largest absolute Gasteiger partial charge is 0.477 e. The van der Waals surface area contributed by atoms with Gasteiger partial charge in [-0.3, -0.25) is 4.79 Å². The van der Waals surface area contributed by atoms with Crippen LogP contribution in [-0.2, 0) is 6.54 Å². The van der Waals surface area contributed by atoms with Gasteiger partial charge in [0, 0.05) is 22.1 Å². The fourth-order valence-electron chi connectivity index (χ4n) is 3.07. The van der Waals surface area contributed by atoms with E-state index < -0.39 is 11.4 Å². The van der Waals surface area contributed by atoms with E-state index in [0.29, 0.717) is 43.3 Å². The summed E-state index contributed by atoms with van der Waals surface area (Å²) in [5.41, 5.74) is 1.32. The number of aromatic nitrogens is 1. The molecule has 4 nitrogen and oxygen atoms in total. The van der Waals surface area contributed by atoms with Gasteiger partial charge in [-0.2, -0.15) is 0 Å². The average molecular weight is 408 g/mol. The van der Waals surface area contributed by atoms with Crippen LogP contribution in [-0.4, -0.2) is 15.6 Å². The van der Waals surface area contributed by atoms with Gasteiger partial charge >= 0.3 is 5.97 Å². The lowest BCUT2D eigenvalue weighted by atomic mass is 9.99. The first-order chi connectivity index (χ1) is 12.3. The van der Waals surface area contributed by atoms with Gasteiger partial charge in [0.15, 0.2) is 0 Å². The number of carboxylic acid groups (broad SMARTS) is 1. The molecule has 0 radical (unpaired) electrons. The van der Waals surface area contributed by atoms with Crippen LogP contribution in [0.5, 0.6) is 0 Å². The monoisotopic (exact) mass is 407 g/mol. The van der Waals surface area contributed by atoms with Crippen molar-refractivity contribution in [3.8, 4) is 21.7 Å². The van der Waals surface area contributed by atoms with Crippen LogP contribution in [0.15, 0.2) is 41.2 Å². The van der Waals surface area contributed by atoms with Gasteiger partial charge in [-0.1, -0.05) is 35.3 Å². The summed E-state index contributed by atoms with van der Waals surface area (Å²) in [6.07, 6.45) is 0. The van der Waals surface area contributed by atoms with E-state index in [-0.39, 0.29) is 5.56 Å². The molecule has 134 valence electrons. The third kappa shape index (κ3) is 3.18. The van der Waals surface area contributed by atoms with E-state index in [1.807, 2.05) is 18.4 Å². The first kappa shape index (κ1) is 18.7. The molecular weight excluding hydrogens is 393 g/mol. The molecule has 0 aliphatic carbocycles. The number of pyridine rings is 1. The second-order valence-electron chi connectivity index (χ2n) is 5.67. The Morgan fingerprint density at radius 1 is 1.15 bits per heavy atom. The van der Waals surface area contributed by atoms with E-state index >= 15 is 0 Å². The minimum Gasteiger partial charge on any atom is -0.477 e. The summed E-state index contributed by atoms with van der Waals surface area (Å²) in [5, 5.41) is 10.3. The van der Waals surface area contributed by atoms with Crippen molar-refractivity contribution in [1.29, 1.82) is 0 Å². The maximum absolute atomic E-state index is 13.1. The smallest absolute Gasteiger partial charge is 0.341 e. The molecule has 0 amide bonds. The molecule has 3 aromatic rings. The van der Waals surface area contributed by atoms with Crippen LogP contribution >= 0.6 is 34.5 Å². The number of hydrogen-bond acceptors (Lipinski definition) is 3. The molecule has 0 fully saturated rings. The Morgan fingerprint density at radius 3 is 2.31 bits per heavy atom. The first-order valence-electron chi connectivity index (χ1n) is 7.87. The molecule has 0 bridgehead atoms. The standard InChI is InChI=1S/C19H15Cl2NO3S/c1-3-22-10(2)15(13-8-9-14(21)26-13)18(23)16(19(24)25)17(22)11-4-6-12(20)7-5-11/h4-9H,3H2,1-2H3,(H,24,25). The molecule has 2 heterocycles. The number of aromatic carboxylic acids is 1. The highest BCUT2D eigenvalue weighted by Gasteiger charge is 2.26. The van der Waals surface area contributed by atoms with Crippen LogP contribution in [0, 0.1) is 6.92 Å². The van der Waals surface area contributed by atoms with Crippen molar-refractivity contribution >= 4 is 40.5 Å². The number of thiophene rings is 1. The Kier molecular flexibility index (Phi) is 5.23. The lowest BCUT2D eigenvalue weighted by molar-refractivity contribution is 0.0695. The Labute approximate surface area is 164 Å². The van der Waals surface area contributed by atoms with E-state index in [1.54, 1.807) is 36.4 Å². The van der Waals surface area contributed by atoms with E-state index in [2.05, 4.69) is 0 Å². The predicted octanol–water partition coefficient (Wildman–Crippen LogP) is 5.58. The van der Waals surface area contributed by atoms with Crippen LogP contribution in [0.25, 0.3) is 21.7 Å². The minimum atomic E-state index is -1.26. The number of carbonyl (C=O) groups is 1. The van der Waals surface area contributed by atoms with E-state index in [1.165, 1.54) is 11.3 Å². The fraction of sp³-hybridized carbons (Fsp3) is 0.158. The topological polar surface area (TPSA) is 59.3 Å². The molecule has 0 unspecified atom stereocenters. The maximum Gasteiger partial charge on any atom is 0.341 e. The Balaban J connectivity index is 2.44. The van der Waals surface area contributed by atoms with Gasteiger partial charge in [0.25, 0.3) is 0 Å². The molecule has 0 aliphatic rings. The maximum atomic E-state index is 13.1. The number of benzene rings is 1. The molecule has 0 spiro atoms. The Hall–Kier alpha value is -2.08. The van der Waals surface area contributed by atoms with Crippen molar-refractivity contribution in [2.75, 3.05) is 0 Å². The van der Waals surface area contributed by atoms with Gasteiger partial charge in [-0.05, 0) is 43.7 Å². The SMILES string of the molecule is CCn1c(C)c(-c2ccc(Cl)s2)c(=O)c(C(=O)O)c1-c1ccc(Cl)cc1. The molecule has 0 saturated heterocycles. The van der Waals surface area contributed by atoms with Crippen molar-refractivity contribution in [1.82, 2.24) is 4.57 Å². The van der Waals surface area contributed by atoms with Crippen LogP contribution in [0.2, 0.25) is 9.36 Å². The van der Waals surface area contributed by atoms with Crippen molar-refractivity contribution in [2.24, 2.45) is 0 Å². The van der Waals surface area contributed by atoms with Crippen LogP contribution in [0.3, 0.4) is 0 Å². The lowest BCUT2D eigenvalue weighted by Crippen LogP contribution is -2.25. The number of halogens is 2. The number of rotatable bonds is 4. The van der Waals surface area contributed by atoms with Gasteiger partial charge in [0.2, 0.25) is 5.43 Å². The van der Waals surface area contributed by atoms with Gasteiger partial charge in [0.05, 0.1) is 15.6 Å². The first-order valence-corrected chi connectivity index (χ1v) is 9.44. The predicted molar refractivity (Wildman–Crippen MR) is 107 cm³/mol. The molecule has 1 aromatic carbocycles. The van der Waals surface area contributed by atoms with Crippen LogP contribution in [0.1, 0.15) is 23.0 Å². The Morgan fingerprint density at radius 2 is 1.81 bits per heavy atom. The minimum absolute atomic E-state index is 0.251. The van der Waals surface area contributed by atoms with Gasteiger partial charge in [-0.25, -0.2) is 4.79 Å². The molecule has 0 aliphatic heterocycles. The molecule has 2 aromatic heterocycles. The summed E-state index contributed by atoms with van der Waals surface area (Å²) in [6, 6.07) is 10.2. The van der Waals surface area contributed by atoms with Crippen molar-refractivity contribution < 1.29 is 9.90 Å². The third-order valence-electron chi connectivity index (χ3n) is 4.19. The summed E-state index contributed by atoms with van der Waals surface area (Å²) in [6.45, 7) is 4.24.